The number of carbonyl (C=O) groups is 3. The number of pyridine rings is 2. The van der Waals surface area contributed by atoms with Gasteiger partial charge in [-0.1, -0.05) is 23.7 Å². The summed E-state index contributed by atoms with van der Waals surface area (Å²) in [6.45, 7) is -0.181. The van der Waals surface area contributed by atoms with Crippen LogP contribution in [0, 0.1) is 0 Å². The normalized spacial score (nSPS) is 17.0. The minimum Gasteiger partial charge on any atom is -1.00 e. The predicted octanol–water partition coefficient (Wildman–Crippen LogP) is -1.46. The van der Waals surface area contributed by atoms with Crippen LogP contribution in [0.25, 0.3) is 0 Å². The fourth-order valence-electron chi connectivity index (χ4n) is 6.32. The summed E-state index contributed by atoms with van der Waals surface area (Å²) >= 11 is 5.90. The molecule has 0 fully saturated rings. The zero-order valence-corrected chi connectivity index (χ0v) is 45.3. The van der Waals surface area contributed by atoms with Crippen LogP contribution in [0.1, 0.15) is 60.5 Å². The molecule has 2 aliphatic heterocycles. The van der Waals surface area contributed by atoms with E-state index in [0.29, 0.717) is 48.1 Å². The molecule has 0 saturated heterocycles. The van der Waals surface area contributed by atoms with Gasteiger partial charge in [0, 0.05) is 53.5 Å². The topological polar surface area (TPSA) is 215 Å². The molecule has 4 aliphatic rings. The maximum Gasteiger partial charge on any atom is 1.00 e. The number of nitrogens with zero attached hydrogens (tertiary/aromatic N) is 2. The number of aromatic hydroxyl groups is 1. The van der Waals surface area contributed by atoms with Gasteiger partial charge in [-0.25, -0.2) is 9.97 Å². The molecule has 4 aromatic rings. The third-order valence-electron chi connectivity index (χ3n) is 8.90. The molecule has 13 nitrogen and oxygen atoms in total. The monoisotopic (exact) mass is 1060 g/mol. The van der Waals surface area contributed by atoms with E-state index in [9.17, 15) is 14.7 Å². The van der Waals surface area contributed by atoms with Gasteiger partial charge in [-0.15, -0.1) is 17.0 Å². The molecule has 2 aromatic carbocycles. The zero-order valence-electron chi connectivity index (χ0n) is 31.3. The molecule has 2 atom stereocenters. The minimum absolute atomic E-state index is 0. The van der Waals surface area contributed by atoms with Crippen LogP contribution in [-0.2, 0) is 57.8 Å². The quantitative estimate of drug-likeness (QED) is 0.0909. The second-order valence-electron chi connectivity index (χ2n) is 12.5. The van der Waals surface area contributed by atoms with Crippen molar-refractivity contribution >= 4 is 58.5 Å². The number of nitrogens with one attached hydrogen (secondary N) is 2. The van der Waals surface area contributed by atoms with E-state index < -0.39 is 0 Å². The smallest absolute Gasteiger partial charge is 1.00 e. The number of halogens is 2. The Morgan fingerprint density at radius 2 is 1.30 bits per heavy atom. The second kappa shape index (κ2) is 25.1. The molecule has 278 valence electrons. The van der Waals surface area contributed by atoms with Crippen LogP contribution in [0.5, 0.6) is 17.2 Å². The fraction of sp³-hybridized carbons (Fsp3) is 0.324. The minimum atomic E-state index is -0.181. The Hall–Kier alpha value is -0.496. The van der Waals surface area contributed by atoms with Crippen molar-refractivity contribution in [2.24, 2.45) is 11.5 Å². The molecule has 7 N–H and O–H groups in total. The van der Waals surface area contributed by atoms with Crippen molar-refractivity contribution in [3.63, 3.8) is 0 Å². The van der Waals surface area contributed by atoms with Gasteiger partial charge in [0.05, 0.1) is 0 Å². The van der Waals surface area contributed by atoms with Crippen molar-refractivity contribution in [1.29, 1.82) is 0 Å². The number of aryl methyl sites for hydroxylation is 2. The van der Waals surface area contributed by atoms with E-state index in [1.165, 1.54) is 22.3 Å². The van der Waals surface area contributed by atoms with Gasteiger partial charge in [0.15, 0.2) is 0 Å². The fourth-order valence-corrected chi connectivity index (χ4v) is 6.56. The molecule has 0 saturated carbocycles. The Kier molecular flexibility index (Phi) is 23.1. The first kappa shape index (κ1) is 49.6. The van der Waals surface area contributed by atoms with Gasteiger partial charge in [-0.2, -0.15) is 0 Å². The number of rotatable bonds is 3. The third-order valence-corrected chi connectivity index (χ3v) is 9.25. The molecule has 8 rings (SSSR count). The van der Waals surface area contributed by atoms with Crippen molar-refractivity contribution in [3.05, 3.63) is 99.3 Å². The zero-order chi connectivity index (χ0) is 36.3. The van der Waals surface area contributed by atoms with Gasteiger partial charge in [-0.05, 0) is 110 Å². The summed E-state index contributed by atoms with van der Waals surface area (Å²) in [5.74, 6) is 3.15. The third kappa shape index (κ3) is 14.7. The maximum absolute atomic E-state index is 11.5. The number of fused-ring (bicyclic) bond motifs is 4. The number of hydrogen-bond donors (Lipinski definition) is 5. The molecular weight excluding hydrogens is 1020 g/mol. The summed E-state index contributed by atoms with van der Waals surface area (Å²) in [7, 11) is 0. The molecule has 0 unspecified atom stereocenters. The first-order valence-electron chi connectivity index (χ1n) is 16.7. The summed E-state index contributed by atoms with van der Waals surface area (Å²) in [5.41, 5.74) is 19.0. The predicted molar refractivity (Wildman–Crippen MR) is 201 cm³/mol. The molecule has 2 aliphatic carbocycles. The molecule has 2 aromatic heterocycles. The molecule has 0 radical (unpaired) electrons. The SMILES string of the molecule is Br.N[C@@H]1CCc2ccc(O)cc2C1.N[C@@H]1CCc2ccc(Oc3ccnc4c3CCC(=O)N4)cc2C1.O=C1CCc2c(Cl)ccnc2N1.O=CO[O-].[Cs+].[Cs+].[H-]. The number of anilines is 2. The first-order valence-corrected chi connectivity index (χ1v) is 17.1. The van der Waals surface area contributed by atoms with Crippen LogP contribution >= 0.6 is 28.6 Å². The van der Waals surface area contributed by atoms with Crippen molar-refractivity contribution in [2.75, 3.05) is 10.6 Å². The Morgan fingerprint density at radius 1 is 0.778 bits per heavy atom. The van der Waals surface area contributed by atoms with E-state index in [2.05, 4.69) is 37.6 Å². The van der Waals surface area contributed by atoms with Gasteiger partial charge < -0.3 is 43.5 Å². The summed E-state index contributed by atoms with van der Waals surface area (Å²) < 4.78 is 6.08. The molecule has 2 amide bonds. The van der Waals surface area contributed by atoms with E-state index in [0.717, 1.165) is 61.2 Å². The van der Waals surface area contributed by atoms with Gasteiger partial charge in [0.1, 0.15) is 28.9 Å². The molecule has 54 heavy (non-hydrogen) atoms. The van der Waals surface area contributed by atoms with Crippen molar-refractivity contribution in [3.8, 4) is 17.2 Å². The van der Waals surface area contributed by atoms with E-state index in [1.807, 2.05) is 24.3 Å². The largest absolute Gasteiger partial charge is 1.00 e. The number of benzene rings is 2. The van der Waals surface area contributed by atoms with Crippen molar-refractivity contribution in [2.45, 2.75) is 76.3 Å². The van der Waals surface area contributed by atoms with Gasteiger partial charge in [0.25, 0.3) is 6.47 Å². The van der Waals surface area contributed by atoms with Crippen LogP contribution in [0.4, 0.5) is 11.6 Å². The maximum atomic E-state index is 11.5. The molecule has 0 bridgehead atoms. The molecular formula is C37H42BrClCs2N6O7. The van der Waals surface area contributed by atoms with Crippen LogP contribution in [0.3, 0.4) is 0 Å². The number of nitrogens with two attached hydrogens (primary N) is 2. The Balaban J connectivity index is 0.000000406. The summed E-state index contributed by atoms with van der Waals surface area (Å²) in [5, 5.41) is 23.8. The Bertz CT molecular complexity index is 1900. The van der Waals surface area contributed by atoms with E-state index in [4.69, 9.17) is 37.9 Å². The average Bonchev–Trinajstić information content (AvgIpc) is 3.12. The van der Waals surface area contributed by atoms with E-state index in [1.54, 1.807) is 24.5 Å². The number of phenolic OH excluding ortho intramolecular Hbond substituents is 1. The number of aromatic nitrogens is 2. The molecule has 0 spiro atoms. The summed E-state index contributed by atoms with van der Waals surface area (Å²) in [6.07, 6.45) is 11.6. The number of phenols is 1. The van der Waals surface area contributed by atoms with Gasteiger partial charge in [0.2, 0.25) is 11.8 Å². The van der Waals surface area contributed by atoms with Gasteiger partial charge >= 0.3 is 138 Å². The van der Waals surface area contributed by atoms with Crippen LogP contribution in [-0.4, -0.2) is 45.4 Å². The van der Waals surface area contributed by atoms with Crippen LogP contribution < -0.4 is 170 Å². The Labute approximate surface area is 448 Å². The van der Waals surface area contributed by atoms with E-state index >= 15 is 0 Å². The van der Waals surface area contributed by atoms with Crippen molar-refractivity contribution < 1.29 is 174 Å². The molecule has 17 heteroatoms. The summed E-state index contributed by atoms with van der Waals surface area (Å²) in [4.78, 5) is 41.9. The number of ether oxygens (including phenoxy) is 1. The average molecular weight is 1060 g/mol. The number of carbonyl (C=O) groups excluding carboxylic acids is 3. The second-order valence-corrected chi connectivity index (χ2v) is 12.9. The summed E-state index contributed by atoms with van der Waals surface area (Å²) in [6, 6.07) is 15.9. The standard InChI is InChI=1S/C18H19N3O2.C10H13NO.C8H7ClN2O.CH2O3.BrH.2Cs.H/c19-13-3-1-11-2-4-14(10-12(11)9-13)23-16-7-8-20-18-15(16)5-6-17(22)21-18;11-9-3-1-7-2-4-10(12)6-8(7)5-9;9-6-3-4-10-8-5(6)1-2-7(12)11-8;2-1-4-3;;;;/h2,4,7-8,10,13H,1,3,5-6,9,19H2,(H,20,21,22);2,4,6,9,12H,1,3,5,11H2;3-4H,1-2H2,(H,10,11,12);1,3H;1H;;;/q;;;;;2*+1;-1/p-1/t13-;9-;;;;;;/m11....../s1. The number of hydrogen-bond acceptors (Lipinski definition) is 11. The van der Waals surface area contributed by atoms with Crippen molar-refractivity contribution in [1.82, 2.24) is 9.97 Å². The Morgan fingerprint density at radius 3 is 1.89 bits per heavy atom. The molecule has 4 heterocycles. The number of amides is 2. The first-order chi connectivity index (χ1) is 24.6. The van der Waals surface area contributed by atoms with Crippen LogP contribution in [0.2, 0.25) is 5.02 Å². The van der Waals surface area contributed by atoms with Gasteiger partial charge in [-0.3, -0.25) is 14.4 Å². The van der Waals surface area contributed by atoms with Crippen LogP contribution in [0.15, 0.2) is 60.9 Å². The van der Waals surface area contributed by atoms with E-state index in [-0.39, 0.29) is 187 Å².